The average molecular weight is 461 g/mol. The number of benzene rings is 1. The predicted molar refractivity (Wildman–Crippen MR) is 106 cm³/mol. The summed E-state index contributed by atoms with van der Waals surface area (Å²) >= 11 is 0. The van der Waals surface area contributed by atoms with Crippen LogP contribution in [0, 0.1) is 11.7 Å². The zero-order valence-corrected chi connectivity index (χ0v) is 17.7. The smallest absolute Gasteiger partial charge is 0.406 e. The molecular formula is C21H27F4N3O4. The van der Waals surface area contributed by atoms with E-state index in [0.717, 1.165) is 25.0 Å². The van der Waals surface area contributed by atoms with E-state index in [1.54, 1.807) is 9.80 Å². The number of alkyl halides is 3. The summed E-state index contributed by atoms with van der Waals surface area (Å²) in [5.41, 5.74) is 0.0239. The molecule has 178 valence electrons. The van der Waals surface area contributed by atoms with Gasteiger partial charge in [0.15, 0.2) is 0 Å². The lowest BCUT2D eigenvalue weighted by atomic mass is 9.90. The number of carbonyl (C=O) groups excluding carboxylic acids is 2. The first-order valence-corrected chi connectivity index (χ1v) is 10.5. The number of rotatable bonds is 7. The number of nitrogens with zero attached hydrogens (tertiary/aromatic N) is 2. The van der Waals surface area contributed by atoms with Crippen LogP contribution in [0.4, 0.5) is 22.4 Å². The molecular weight excluding hydrogens is 434 g/mol. The van der Waals surface area contributed by atoms with Gasteiger partial charge in [-0.3, -0.25) is 4.79 Å². The van der Waals surface area contributed by atoms with Gasteiger partial charge >= 0.3 is 12.4 Å². The Labute approximate surface area is 183 Å². The van der Waals surface area contributed by atoms with Crippen molar-refractivity contribution >= 4 is 11.9 Å². The van der Waals surface area contributed by atoms with E-state index in [4.69, 9.17) is 0 Å². The maximum atomic E-state index is 14.2. The van der Waals surface area contributed by atoms with Crippen LogP contribution in [0.2, 0.25) is 0 Å². The molecule has 7 nitrogen and oxygen atoms in total. The normalized spacial score (nSPS) is 21.2. The number of aliphatic hydroxyl groups excluding tert-OH is 1. The Kier molecular flexibility index (Phi) is 7.47. The molecule has 2 N–H and O–H groups in total. The van der Waals surface area contributed by atoms with Crippen molar-refractivity contribution in [3.63, 3.8) is 0 Å². The number of halogens is 4. The first-order chi connectivity index (χ1) is 15.1. The first kappa shape index (κ1) is 24.1. The van der Waals surface area contributed by atoms with Gasteiger partial charge < -0.3 is 25.0 Å². The molecule has 32 heavy (non-hydrogen) atoms. The van der Waals surface area contributed by atoms with Crippen LogP contribution in [0.15, 0.2) is 18.2 Å². The molecule has 2 atom stereocenters. The Morgan fingerprint density at radius 2 is 1.97 bits per heavy atom. The highest BCUT2D eigenvalue weighted by Gasteiger charge is 2.41. The monoisotopic (exact) mass is 461 g/mol. The molecule has 1 aliphatic heterocycles. The quantitative estimate of drug-likeness (QED) is 0.612. The molecule has 1 saturated heterocycles. The van der Waals surface area contributed by atoms with Crippen LogP contribution in [0.3, 0.4) is 0 Å². The first-order valence-electron chi connectivity index (χ1n) is 10.5. The van der Waals surface area contributed by atoms with E-state index in [0.29, 0.717) is 32.0 Å². The van der Waals surface area contributed by atoms with Crippen LogP contribution in [0.1, 0.15) is 38.2 Å². The van der Waals surface area contributed by atoms with Crippen molar-refractivity contribution in [1.82, 2.24) is 15.1 Å². The summed E-state index contributed by atoms with van der Waals surface area (Å²) in [5.74, 6) is -1.63. The number of hydrogen-bond acceptors (Lipinski definition) is 4. The van der Waals surface area contributed by atoms with Gasteiger partial charge in [0.25, 0.3) is 0 Å². The lowest BCUT2D eigenvalue weighted by Crippen LogP contribution is -2.56. The van der Waals surface area contributed by atoms with Crippen LogP contribution in [-0.2, 0) is 11.3 Å². The maximum absolute atomic E-state index is 14.2. The van der Waals surface area contributed by atoms with Crippen LogP contribution >= 0.6 is 0 Å². The molecule has 0 aromatic heterocycles. The molecule has 3 rings (SSSR count). The Morgan fingerprint density at radius 1 is 1.25 bits per heavy atom. The maximum Gasteiger partial charge on any atom is 0.573 e. The second-order valence-corrected chi connectivity index (χ2v) is 8.29. The third-order valence-corrected chi connectivity index (χ3v) is 5.75. The number of urea groups is 1. The standard InChI is InChI=1S/C21H27F4N3O4/c1-13(30)27-11-14(6-7-29)8-17(12-27)28(16-3-4-16)20(31)26-10-15-2-5-18(9-19(15)22)32-21(23,24)25/h2,5,9,14,16-17,29H,3-4,6-8,10-12H2,1H3,(H,26,31)/t14?,17-/m1/s1. The summed E-state index contributed by atoms with van der Waals surface area (Å²) < 4.78 is 54.7. The fraction of sp³-hybridized carbons (Fsp3) is 0.619. The zero-order chi connectivity index (χ0) is 23.5. The van der Waals surface area contributed by atoms with Gasteiger partial charge in [0, 0.05) is 50.8 Å². The minimum Gasteiger partial charge on any atom is -0.406 e. The van der Waals surface area contributed by atoms with Gasteiger partial charge in [-0.2, -0.15) is 0 Å². The summed E-state index contributed by atoms with van der Waals surface area (Å²) in [6.45, 7) is 2.17. The molecule has 1 aromatic rings. The topological polar surface area (TPSA) is 82.1 Å². The van der Waals surface area contributed by atoms with Crippen LogP contribution < -0.4 is 10.1 Å². The molecule has 2 fully saturated rings. The Morgan fingerprint density at radius 3 is 2.53 bits per heavy atom. The number of ether oxygens (including phenoxy) is 1. The summed E-state index contributed by atoms with van der Waals surface area (Å²) in [4.78, 5) is 28.3. The summed E-state index contributed by atoms with van der Waals surface area (Å²) in [7, 11) is 0. The minimum absolute atomic E-state index is 0.00786. The third kappa shape index (κ3) is 6.47. The fourth-order valence-electron chi connectivity index (χ4n) is 4.14. The molecule has 1 aliphatic carbocycles. The lowest BCUT2D eigenvalue weighted by Gasteiger charge is -2.42. The number of aliphatic hydroxyl groups is 1. The third-order valence-electron chi connectivity index (χ3n) is 5.75. The molecule has 2 aliphatic rings. The molecule has 3 amide bonds. The van der Waals surface area contributed by atoms with Gasteiger partial charge in [-0.05, 0) is 37.7 Å². The zero-order valence-electron chi connectivity index (χ0n) is 17.7. The van der Waals surface area contributed by atoms with Crippen LogP contribution in [0.5, 0.6) is 5.75 Å². The van der Waals surface area contributed by atoms with E-state index in [-0.39, 0.29) is 42.6 Å². The predicted octanol–water partition coefficient (Wildman–Crippen LogP) is 3.02. The average Bonchev–Trinajstić information content (AvgIpc) is 3.51. The molecule has 0 radical (unpaired) electrons. The van der Waals surface area contributed by atoms with Crippen molar-refractivity contribution in [1.29, 1.82) is 0 Å². The van der Waals surface area contributed by atoms with Gasteiger partial charge in [0.2, 0.25) is 5.91 Å². The van der Waals surface area contributed by atoms with E-state index >= 15 is 0 Å². The molecule has 1 aromatic carbocycles. The van der Waals surface area contributed by atoms with Gasteiger partial charge in [0.1, 0.15) is 11.6 Å². The number of nitrogens with one attached hydrogen (secondary N) is 1. The van der Waals surface area contributed by atoms with E-state index in [1.165, 1.54) is 6.92 Å². The van der Waals surface area contributed by atoms with Crippen molar-refractivity contribution in [3.05, 3.63) is 29.6 Å². The fourth-order valence-corrected chi connectivity index (χ4v) is 4.14. The number of amides is 3. The highest BCUT2D eigenvalue weighted by molar-refractivity contribution is 5.76. The molecule has 11 heteroatoms. The number of likely N-dealkylation sites (tertiary alicyclic amines) is 1. The van der Waals surface area contributed by atoms with E-state index < -0.39 is 24.0 Å². The van der Waals surface area contributed by atoms with Crippen molar-refractivity contribution in [2.75, 3.05) is 19.7 Å². The van der Waals surface area contributed by atoms with Gasteiger partial charge in [0.05, 0.1) is 6.04 Å². The van der Waals surface area contributed by atoms with Crippen molar-refractivity contribution < 1.29 is 37.0 Å². The van der Waals surface area contributed by atoms with E-state index in [2.05, 4.69) is 10.1 Å². The highest BCUT2D eigenvalue weighted by atomic mass is 19.4. The van der Waals surface area contributed by atoms with Gasteiger partial charge in [-0.25, -0.2) is 9.18 Å². The second kappa shape index (κ2) is 9.93. The Balaban J connectivity index is 1.66. The van der Waals surface area contributed by atoms with Crippen molar-refractivity contribution in [2.24, 2.45) is 5.92 Å². The van der Waals surface area contributed by atoms with Crippen molar-refractivity contribution in [2.45, 2.75) is 57.6 Å². The molecule has 1 unspecified atom stereocenters. The molecule has 1 saturated carbocycles. The van der Waals surface area contributed by atoms with Gasteiger partial charge in [-0.15, -0.1) is 13.2 Å². The van der Waals surface area contributed by atoms with Crippen LogP contribution in [-0.4, -0.2) is 65.0 Å². The van der Waals surface area contributed by atoms with Crippen LogP contribution in [0.25, 0.3) is 0 Å². The highest BCUT2D eigenvalue weighted by Crippen LogP contribution is 2.33. The SMILES string of the molecule is CC(=O)N1CC(CCO)C[C@@H](N(C(=O)NCc2ccc(OC(F)(F)F)cc2F)C2CC2)C1. The van der Waals surface area contributed by atoms with Gasteiger partial charge in [-0.1, -0.05) is 6.07 Å². The summed E-state index contributed by atoms with van der Waals surface area (Å²) in [6.07, 6.45) is -2.10. The Hall–Kier alpha value is -2.56. The Bertz CT molecular complexity index is 832. The summed E-state index contributed by atoms with van der Waals surface area (Å²) in [5, 5.41) is 12.0. The lowest BCUT2D eigenvalue weighted by molar-refractivity contribution is -0.274. The van der Waals surface area contributed by atoms with Crippen molar-refractivity contribution in [3.8, 4) is 5.75 Å². The molecule has 1 heterocycles. The number of carbonyl (C=O) groups is 2. The summed E-state index contributed by atoms with van der Waals surface area (Å²) in [6, 6.07) is 2.12. The molecule has 0 spiro atoms. The van der Waals surface area contributed by atoms with E-state index in [1.807, 2.05) is 0 Å². The number of piperidine rings is 1. The van der Waals surface area contributed by atoms with E-state index in [9.17, 15) is 32.3 Å². The number of hydrogen-bond donors (Lipinski definition) is 2. The second-order valence-electron chi connectivity index (χ2n) is 8.29. The minimum atomic E-state index is -4.92. The molecule has 0 bridgehead atoms. The largest absolute Gasteiger partial charge is 0.573 e.